The maximum absolute atomic E-state index is 12.4. The van der Waals surface area contributed by atoms with Gasteiger partial charge in [-0.25, -0.2) is 9.59 Å². The van der Waals surface area contributed by atoms with E-state index < -0.39 is 5.60 Å². The summed E-state index contributed by atoms with van der Waals surface area (Å²) in [6.07, 6.45) is 1.43. The molecule has 1 aromatic rings. The highest BCUT2D eigenvalue weighted by atomic mass is 16.6. The minimum atomic E-state index is -0.521. The second-order valence-corrected chi connectivity index (χ2v) is 7.18. The minimum absolute atomic E-state index is 0.107. The van der Waals surface area contributed by atoms with Gasteiger partial charge in [-0.05, 0) is 71.2 Å². The zero-order valence-corrected chi connectivity index (χ0v) is 15.9. The van der Waals surface area contributed by atoms with Gasteiger partial charge in [0.15, 0.2) is 0 Å². The molecule has 25 heavy (non-hydrogen) atoms. The summed E-state index contributed by atoms with van der Waals surface area (Å²) in [6, 6.07) is 5.57. The molecule has 1 aromatic carbocycles. The number of ether oxygens (including phenoxy) is 1. The summed E-state index contributed by atoms with van der Waals surface area (Å²) in [5.41, 5.74) is 2.14. The van der Waals surface area contributed by atoms with E-state index in [0.717, 1.165) is 29.8 Å². The number of nitrogens with zero attached hydrogens (tertiary/aromatic N) is 2. The van der Waals surface area contributed by atoms with Crippen molar-refractivity contribution in [3.05, 3.63) is 23.8 Å². The van der Waals surface area contributed by atoms with Crippen LogP contribution < -0.4 is 10.2 Å². The van der Waals surface area contributed by atoms with Crippen LogP contribution in [0.2, 0.25) is 0 Å². The van der Waals surface area contributed by atoms with Gasteiger partial charge in [0.1, 0.15) is 5.60 Å². The molecule has 138 valence electrons. The number of benzene rings is 1. The Kier molecular flexibility index (Phi) is 5.93. The highest BCUT2D eigenvalue weighted by Crippen LogP contribution is 2.31. The van der Waals surface area contributed by atoms with Crippen LogP contribution in [0.4, 0.5) is 21.0 Å². The molecule has 2 rings (SSSR count). The van der Waals surface area contributed by atoms with Crippen molar-refractivity contribution in [1.82, 2.24) is 4.90 Å². The molecular formula is C19H29N3O3. The summed E-state index contributed by atoms with van der Waals surface area (Å²) in [5.74, 6) is 0. The first-order chi connectivity index (χ1) is 11.7. The van der Waals surface area contributed by atoms with Crippen molar-refractivity contribution in [2.24, 2.45) is 0 Å². The minimum Gasteiger partial charge on any atom is -0.443 e. The smallest absolute Gasteiger partial charge is 0.414 e. The molecule has 0 spiro atoms. The summed E-state index contributed by atoms with van der Waals surface area (Å²) < 4.78 is 5.50. The molecule has 1 aliphatic heterocycles. The first kappa shape index (κ1) is 19.1. The van der Waals surface area contributed by atoms with Crippen molar-refractivity contribution in [3.8, 4) is 0 Å². The van der Waals surface area contributed by atoms with Crippen LogP contribution in [0, 0.1) is 0 Å². The van der Waals surface area contributed by atoms with Crippen LogP contribution in [0.5, 0.6) is 0 Å². The molecule has 3 amide bonds. The Labute approximate surface area is 150 Å². The third-order valence-corrected chi connectivity index (χ3v) is 4.11. The van der Waals surface area contributed by atoms with Crippen LogP contribution in [0.25, 0.3) is 0 Å². The Balaban J connectivity index is 2.17. The number of hydrogen-bond donors (Lipinski definition) is 1. The fraction of sp³-hybridized carbons (Fsp3) is 0.579. The van der Waals surface area contributed by atoms with E-state index in [1.807, 2.05) is 52.8 Å². The van der Waals surface area contributed by atoms with Gasteiger partial charge in [-0.3, -0.25) is 4.90 Å². The summed E-state index contributed by atoms with van der Waals surface area (Å²) in [6.45, 7) is 11.5. The standard InChI is InChI=1S/C19H29N3O3/c1-6-21(7-2)17(23)20-15-10-11-16-14(13-15)9-8-12-22(16)18(24)25-19(3,4)5/h10-11,13H,6-9,12H2,1-5H3,(H,20,23). The van der Waals surface area contributed by atoms with E-state index in [1.54, 1.807) is 9.80 Å². The lowest BCUT2D eigenvalue weighted by atomic mass is 10.0. The van der Waals surface area contributed by atoms with Gasteiger partial charge in [0, 0.05) is 25.3 Å². The third kappa shape index (κ3) is 4.87. The fourth-order valence-corrected chi connectivity index (χ4v) is 2.89. The number of fused-ring (bicyclic) bond motifs is 1. The Morgan fingerprint density at radius 2 is 1.92 bits per heavy atom. The Hall–Kier alpha value is -2.24. The van der Waals surface area contributed by atoms with Gasteiger partial charge in [-0.15, -0.1) is 0 Å². The van der Waals surface area contributed by atoms with Crippen molar-refractivity contribution < 1.29 is 14.3 Å². The molecule has 0 radical (unpaired) electrons. The molecule has 1 aliphatic rings. The van der Waals surface area contributed by atoms with E-state index in [1.165, 1.54) is 0 Å². The quantitative estimate of drug-likeness (QED) is 0.889. The average Bonchev–Trinajstić information content (AvgIpc) is 2.53. The maximum Gasteiger partial charge on any atom is 0.414 e. The van der Waals surface area contributed by atoms with Crippen LogP contribution in [0.15, 0.2) is 18.2 Å². The molecule has 0 aromatic heterocycles. The lowest BCUT2D eigenvalue weighted by molar-refractivity contribution is 0.0578. The first-order valence-electron chi connectivity index (χ1n) is 8.94. The molecule has 6 nitrogen and oxygen atoms in total. The highest BCUT2D eigenvalue weighted by molar-refractivity contribution is 5.92. The summed E-state index contributed by atoms with van der Waals surface area (Å²) in [7, 11) is 0. The van der Waals surface area contributed by atoms with E-state index in [4.69, 9.17) is 4.74 Å². The molecule has 0 unspecified atom stereocenters. The van der Waals surface area contributed by atoms with E-state index in [2.05, 4.69) is 5.32 Å². The molecule has 0 saturated heterocycles. The SMILES string of the molecule is CCN(CC)C(=O)Nc1ccc2c(c1)CCCN2C(=O)OC(C)(C)C. The average molecular weight is 347 g/mol. The Morgan fingerprint density at radius 1 is 1.24 bits per heavy atom. The largest absolute Gasteiger partial charge is 0.443 e. The van der Waals surface area contributed by atoms with E-state index in [-0.39, 0.29) is 12.1 Å². The first-order valence-corrected chi connectivity index (χ1v) is 8.94. The van der Waals surface area contributed by atoms with Crippen molar-refractivity contribution in [3.63, 3.8) is 0 Å². The van der Waals surface area contributed by atoms with Crippen molar-refractivity contribution >= 4 is 23.5 Å². The number of aryl methyl sites for hydroxylation is 1. The number of carbonyl (C=O) groups is 2. The molecule has 0 saturated carbocycles. The van der Waals surface area contributed by atoms with Gasteiger partial charge in [0.2, 0.25) is 0 Å². The molecule has 0 atom stereocenters. The Morgan fingerprint density at radius 3 is 2.52 bits per heavy atom. The topological polar surface area (TPSA) is 61.9 Å². The second-order valence-electron chi connectivity index (χ2n) is 7.18. The molecule has 0 fully saturated rings. The van der Waals surface area contributed by atoms with Crippen LogP contribution in [-0.2, 0) is 11.2 Å². The van der Waals surface area contributed by atoms with Crippen molar-refractivity contribution in [2.75, 3.05) is 29.9 Å². The zero-order valence-electron chi connectivity index (χ0n) is 15.9. The van der Waals surface area contributed by atoms with Gasteiger partial charge in [-0.1, -0.05) is 0 Å². The van der Waals surface area contributed by atoms with Crippen molar-refractivity contribution in [2.45, 2.75) is 53.1 Å². The van der Waals surface area contributed by atoms with Crippen LogP contribution in [0.1, 0.15) is 46.6 Å². The fourth-order valence-electron chi connectivity index (χ4n) is 2.89. The van der Waals surface area contributed by atoms with Gasteiger partial charge < -0.3 is 15.0 Å². The van der Waals surface area contributed by atoms with E-state index in [0.29, 0.717) is 19.6 Å². The number of anilines is 2. The second kappa shape index (κ2) is 7.76. The normalized spacial score (nSPS) is 13.9. The molecule has 6 heteroatoms. The maximum atomic E-state index is 12.4. The van der Waals surface area contributed by atoms with Crippen LogP contribution >= 0.6 is 0 Å². The Bertz CT molecular complexity index is 633. The lowest BCUT2D eigenvalue weighted by Gasteiger charge is -2.32. The summed E-state index contributed by atoms with van der Waals surface area (Å²) >= 11 is 0. The van der Waals surface area contributed by atoms with Gasteiger partial charge in [-0.2, -0.15) is 0 Å². The molecule has 0 aliphatic carbocycles. The number of hydrogen-bond acceptors (Lipinski definition) is 3. The highest BCUT2D eigenvalue weighted by Gasteiger charge is 2.27. The molecule has 1 N–H and O–H groups in total. The van der Waals surface area contributed by atoms with Crippen LogP contribution in [-0.4, -0.2) is 42.3 Å². The van der Waals surface area contributed by atoms with E-state index in [9.17, 15) is 9.59 Å². The number of urea groups is 1. The van der Waals surface area contributed by atoms with Crippen molar-refractivity contribution in [1.29, 1.82) is 0 Å². The van der Waals surface area contributed by atoms with Gasteiger partial charge >= 0.3 is 12.1 Å². The van der Waals surface area contributed by atoms with E-state index >= 15 is 0 Å². The predicted molar refractivity (Wildman–Crippen MR) is 100 cm³/mol. The predicted octanol–water partition coefficient (Wildman–Crippen LogP) is 4.25. The third-order valence-electron chi connectivity index (χ3n) is 4.11. The zero-order chi connectivity index (χ0) is 18.6. The lowest BCUT2D eigenvalue weighted by Crippen LogP contribution is -2.39. The van der Waals surface area contributed by atoms with Gasteiger partial charge in [0.25, 0.3) is 0 Å². The monoisotopic (exact) mass is 347 g/mol. The summed E-state index contributed by atoms with van der Waals surface area (Å²) in [4.78, 5) is 28.0. The van der Waals surface area contributed by atoms with Crippen LogP contribution in [0.3, 0.4) is 0 Å². The summed E-state index contributed by atoms with van der Waals surface area (Å²) in [5, 5.41) is 2.93. The number of amides is 3. The number of rotatable bonds is 3. The van der Waals surface area contributed by atoms with Gasteiger partial charge in [0.05, 0.1) is 5.69 Å². The molecule has 1 heterocycles. The number of carbonyl (C=O) groups excluding carboxylic acids is 2. The number of nitrogens with one attached hydrogen (secondary N) is 1. The molecule has 0 bridgehead atoms. The molecular weight excluding hydrogens is 318 g/mol.